The summed E-state index contributed by atoms with van der Waals surface area (Å²) < 4.78 is 5.28. The van der Waals surface area contributed by atoms with Crippen molar-refractivity contribution in [3.05, 3.63) is 33.8 Å². The second-order valence-electron chi connectivity index (χ2n) is 4.42. The molecule has 1 aliphatic rings. The van der Waals surface area contributed by atoms with Crippen LogP contribution >= 0.6 is 23.2 Å². The number of rotatable bonds is 1. The van der Waals surface area contributed by atoms with Crippen LogP contribution in [0.3, 0.4) is 0 Å². The number of halogens is 2. The summed E-state index contributed by atoms with van der Waals surface area (Å²) in [4.78, 5) is 12.2. The number of carbonyl (C=O) groups is 1. The zero-order valence-corrected chi connectivity index (χ0v) is 11.5. The van der Waals surface area contributed by atoms with Crippen LogP contribution in [-0.4, -0.2) is 47.5 Å². The van der Waals surface area contributed by atoms with Crippen molar-refractivity contribution in [1.29, 1.82) is 0 Å². The first-order valence-electron chi connectivity index (χ1n) is 5.66. The Morgan fingerprint density at radius 2 is 2.11 bits per heavy atom. The summed E-state index contributed by atoms with van der Waals surface area (Å²) in [5.41, 5.74) is -0.946. The molecule has 1 aromatic rings. The van der Waals surface area contributed by atoms with Gasteiger partial charge in [0.15, 0.2) is 0 Å². The number of amides is 1. The number of hydrogen-bond donors (Lipinski definition) is 2. The van der Waals surface area contributed by atoms with Crippen molar-refractivity contribution in [3.63, 3.8) is 0 Å². The number of carboxylic acid groups (broad SMARTS) is 1. The summed E-state index contributed by atoms with van der Waals surface area (Å²) in [6.45, 7) is 0.407. The van der Waals surface area contributed by atoms with E-state index in [1.807, 2.05) is 0 Å². The molecule has 104 valence electrons. The van der Waals surface area contributed by atoms with Gasteiger partial charge in [0.1, 0.15) is 5.60 Å². The summed E-state index contributed by atoms with van der Waals surface area (Å²) in [6.07, 6.45) is -1.09. The normalized spacial score (nSPS) is 24.1. The third-order valence-corrected chi connectivity index (χ3v) is 3.77. The Morgan fingerprint density at radius 1 is 1.37 bits per heavy atom. The maximum Gasteiger partial charge on any atom is 0.407 e. The van der Waals surface area contributed by atoms with Crippen molar-refractivity contribution in [3.8, 4) is 0 Å². The van der Waals surface area contributed by atoms with E-state index in [2.05, 4.69) is 0 Å². The zero-order chi connectivity index (χ0) is 14.0. The molecule has 0 spiro atoms. The van der Waals surface area contributed by atoms with E-state index in [-0.39, 0.29) is 26.3 Å². The van der Waals surface area contributed by atoms with Crippen LogP contribution in [0.15, 0.2) is 18.2 Å². The molecule has 1 atom stereocenters. The summed E-state index contributed by atoms with van der Waals surface area (Å²) in [5, 5.41) is 20.4. The third-order valence-electron chi connectivity index (χ3n) is 3.03. The Balaban J connectivity index is 2.33. The zero-order valence-electron chi connectivity index (χ0n) is 9.97. The molecule has 1 aliphatic heterocycles. The highest BCUT2D eigenvalue weighted by molar-refractivity contribution is 6.42. The van der Waals surface area contributed by atoms with Gasteiger partial charge in [0, 0.05) is 6.54 Å². The van der Waals surface area contributed by atoms with Crippen LogP contribution < -0.4 is 0 Å². The second kappa shape index (κ2) is 5.54. The van der Waals surface area contributed by atoms with Crippen molar-refractivity contribution < 1.29 is 19.7 Å². The largest absolute Gasteiger partial charge is 0.465 e. The van der Waals surface area contributed by atoms with Gasteiger partial charge in [0.25, 0.3) is 0 Å². The smallest absolute Gasteiger partial charge is 0.407 e. The highest BCUT2D eigenvalue weighted by Gasteiger charge is 2.36. The van der Waals surface area contributed by atoms with Gasteiger partial charge in [0.05, 0.1) is 29.8 Å². The molecule has 2 N–H and O–H groups in total. The molecular formula is C12H13Cl2NO4. The van der Waals surface area contributed by atoms with E-state index >= 15 is 0 Å². The molecule has 1 unspecified atom stereocenters. The molecule has 1 fully saturated rings. The van der Waals surface area contributed by atoms with E-state index in [0.29, 0.717) is 15.6 Å². The van der Waals surface area contributed by atoms with Crippen LogP contribution in [-0.2, 0) is 10.3 Å². The molecule has 0 aromatic heterocycles. The van der Waals surface area contributed by atoms with Gasteiger partial charge >= 0.3 is 6.09 Å². The minimum atomic E-state index is -1.43. The molecule has 0 saturated carbocycles. The highest BCUT2D eigenvalue weighted by atomic mass is 35.5. The van der Waals surface area contributed by atoms with Gasteiger partial charge in [0.2, 0.25) is 0 Å². The molecule has 2 rings (SSSR count). The lowest BCUT2D eigenvalue weighted by atomic mass is 9.94. The Kier molecular flexibility index (Phi) is 4.20. The number of nitrogens with zero attached hydrogens (tertiary/aromatic N) is 1. The van der Waals surface area contributed by atoms with Gasteiger partial charge < -0.3 is 19.8 Å². The highest BCUT2D eigenvalue weighted by Crippen LogP contribution is 2.30. The summed E-state index contributed by atoms with van der Waals surface area (Å²) in [7, 11) is 0. The van der Waals surface area contributed by atoms with Crippen molar-refractivity contribution in [2.75, 3.05) is 26.3 Å². The van der Waals surface area contributed by atoms with Crippen molar-refractivity contribution in [1.82, 2.24) is 4.90 Å². The van der Waals surface area contributed by atoms with Gasteiger partial charge in [-0.05, 0) is 17.7 Å². The summed E-state index contributed by atoms with van der Waals surface area (Å²) >= 11 is 11.7. The van der Waals surface area contributed by atoms with Gasteiger partial charge in [-0.3, -0.25) is 0 Å². The molecule has 1 amide bonds. The number of aliphatic hydroxyl groups is 1. The number of benzene rings is 1. The molecule has 0 bridgehead atoms. The predicted molar refractivity (Wildman–Crippen MR) is 70.8 cm³/mol. The molecule has 1 heterocycles. The van der Waals surface area contributed by atoms with E-state index in [1.165, 1.54) is 6.07 Å². The molecule has 7 heteroatoms. The minimum Gasteiger partial charge on any atom is -0.465 e. The standard InChI is InChI=1S/C12H13Cl2NO4/c13-9-2-1-8(5-10(9)14)12(18)6-15(11(16)17)3-4-19-7-12/h1-2,5,18H,3-4,6-7H2,(H,16,17). The fourth-order valence-corrected chi connectivity index (χ4v) is 2.28. The lowest BCUT2D eigenvalue weighted by Crippen LogP contribution is -2.44. The van der Waals surface area contributed by atoms with Gasteiger partial charge in [-0.1, -0.05) is 29.3 Å². The van der Waals surface area contributed by atoms with Crippen LogP contribution in [0.25, 0.3) is 0 Å². The van der Waals surface area contributed by atoms with E-state index in [1.54, 1.807) is 12.1 Å². The van der Waals surface area contributed by atoms with Crippen LogP contribution in [0.4, 0.5) is 4.79 Å². The average Bonchev–Trinajstić information content (AvgIpc) is 2.56. The van der Waals surface area contributed by atoms with E-state index in [9.17, 15) is 9.90 Å². The Morgan fingerprint density at radius 3 is 2.74 bits per heavy atom. The molecule has 19 heavy (non-hydrogen) atoms. The fourth-order valence-electron chi connectivity index (χ4n) is 1.98. The van der Waals surface area contributed by atoms with Gasteiger partial charge in [-0.25, -0.2) is 4.79 Å². The molecule has 0 radical (unpaired) electrons. The quantitative estimate of drug-likeness (QED) is 0.834. The lowest BCUT2D eigenvalue weighted by molar-refractivity contribution is -0.0396. The molecule has 5 nitrogen and oxygen atoms in total. The second-order valence-corrected chi connectivity index (χ2v) is 5.23. The summed E-state index contributed by atoms with van der Waals surface area (Å²) in [6, 6.07) is 4.70. The first kappa shape index (κ1) is 14.4. The maximum atomic E-state index is 11.1. The number of ether oxygens (including phenoxy) is 1. The van der Waals surface area contributed by atoms with E-state index in [4.69, 9.17) is 33.0 Å². The van der Waals surface area contributed by atoms with Crippen molar-refractivity contribution >= 4 is 29.3 Å². The van der Waals surface area contributed by atoms with Crippen molar-refractivity contribution in [2.45, 2.75) is 5.60 Å². The summed E-state index contributed by atoms with van der Waals surface area (Å²) in [5.74, 6) is 0. The third kappa shape index (κ3) is 3.12. The molecular weight excluding hydrogens is 293 g/mol. The average molecular weight is 306 g/mol. The van der Waals surface area contributed by atoms with Crippen molar-refractivity contribution in [2.24, 2.45) is 0 Å². The monoisotopic (exact) mass is 305 g/mol. The van der Waals surface area contributed by atoms with Gasteiger partial charge in [-0.15, -0.1) is 0 Å². The fraction of sp³-hybridized carbons (Fsp3) is 0.417. The Bertz CT molecular complexity index is 497. The van der Waals surface area contributed by atoms with Crippen LogP contribution in [0, 0.1) is 0 Å². The van der Waals surface area contributed by atoms with Gasteiger partial charge in [-0.2, -0.15) is 0 Å². The Labute approximate surface area is 120 Å². The van der Waals surface area contributed by atoms with E-state index in [0.717, 1.165) is 4.90 Å². The first-order valence-corrected chi connectivity index (χ1v) is 6.41. The lowest BCUT2D eigenvalue weighted by Gasteiger charge is -2.30. The van der Waals surface area contributed by atoms with Crippen LogP contribution in [0.1, 0.15) is 5.56 Å². The first-order chi connectivity index (χ1) is 8.92. The maximum absolute atomic E-state index is 11.1. The molecule has 1 saturated heterocycles. The van der Waals surface area contributed by atoms with Crippen LogP contribution in [0.5, 0.6) is 0 Å². The topological polar surface area (TPSA) is 70.0 Å². The number of β-amino-alcohol motifs (C(OH)–C–C–N with tert-alkyl or cyclic N) is 1. The SMILES string of the molecule is O=C(O)N1CCOCC(O)(c2ccc(Cl)c(Cl)c2)C1. The van der Waals surface area contributed by atoms with E-state index < -0.39 is 11.7 Å². The predicted octanol–water partition coefficient (Wildman–Crippen LogP) is 2.19. The Hall–Kier alpha value is -1.01. The minimum absolute atomic E-state index is 0.00867. The number of hydrogen-bond acceptors (Lipinski definition) is 3. The molecule has 1 aromatic carbocycles. The van der Waals surface area contributed by atoms with Crippen LogP contribution in [0.2, 0.25) is 10.0 Å². The molecule has 0 aliphatic carbocycles.